The van der Waals surface area contributed by atoms with Gasteiger partial charge in [0.2, 0.25) is 0 Å². The molecular weight excluding hydrogens is 317 g/mol. The zero-order valence-corrected chi connectivity index (χ0v) is 11.1. The van der Waals surface area contributed by atoms with E-state index in [2.05, 4.69) is 36.6 Å². The molecule has 1 amide bonds. The van der Waals surface area contributed by atoms with E-state index in [0.717, 1.165) is 0 Å². The Morgan fingerprint density at radius 1 is 1.37 bits per heavy atom. The number of anilines is 2. The summed E-state index contributed by atoms with van der Waals surface area (Å²) in [5, 5.41) is 2.56. The summed E-state index contributed by atoms with van der Waals surface area (Å²) in [6.45, 7) is 0. The maximum Gasteiger partial charge on any atom is 0.258 e. The highest BCUT2D eigenvalue weighted by Crippen LogP contribution is 2.22. The van der Waals surface area contributed by atoms with Gasteiger partial charge in [-0.15, -0.1) is 0 Å². The minimum atomic E-state index is -0.812. The second kappa shape index (κ2) is 5.72. The summed E-state index contributed by atoms with van der Waals surface area (Å²) in [6.07, 6.45) is 4.32. The van der Waals surface area contributed by atoms with Crippen molar-refractivity contribution >= 4 is 33.3 Å². The quantitative estimate of drug-likeness (QED) is 0.592. The molecule has 2 rings (SSSR count). The SMILES string of the molecule is NNc1nccc(C(=O)Nc2ccncc2Br)c1F. The number of carbonyl (C=O) groups excluding carboxylic acids is 1. The highest BCUT2D eigenvalue weighted by molar-refractivity contribution is 9.10. The molecule has 0 radical (unpaired) electrons. The molecule has 0 unspecified atom stereocenters. The first kappa shape index (κ1) is 13.4. The number of halogens is 2. The van der Waals surface area contributed by atoms with E-state index >= 15 is 0 Å². The van der Waals surface area contributed by atoms with Crippen LogP contribution in [0.4, 0.5) is 15.9 Å². The molecule has 0 fully saturated rings. The van der Waals surface area contributed by atoms with Crippen LogP contribution in [0.2, 0.25) is 0 Å². The molecule has 2 aromatic rings. The fourth-order valence-electron chi connectivity index (χ4n) is 1.39. The Kier molecular flexibility index (Phi) is 4.03. The number of rotatable bonds is 3. The summed E-state index contributed by atoms with van der Waals surface area (Å²) in [7, 11) is 0. The molecule has 6 nitrogen and oxygen atoms in total. The Balaban J connectivity index is 2.28. The molecule has 0 aliphatic heterocycles. The van der Waals surface area contributed by atoms with Gasteiger partial charge < -0.3 is 10.7 Å². The van der Waals surface area contributed by atoms with E-state index in [1.807, 2.05) is 0 Å². The predicted molar refractivity (Wildman–Crippen MR) is 71.9 cm³/mol. The number of hydrogen-bond donors (Lipinski definition) is 3. The van der Waals surface area contributed by atoms with Gasteiger partial charge >= 0.3 is 0 Å². The lowest BCUT2D eigenvalue weighted by Gasteiger charge is -2.09. The van der Waals surface area contributed by atoms with Crippen LogP contribution < -0.4 is 16.6 Å². The minimum Gasteiger partial charge on any atom is -0.321 e. The topological polar surface area (TPSA) is 92.9 Å². The van der Waals surface area contributed by atoms with Crippen molar-refractivity contribution in [3.8, 4) is 0 Å². The third-order valence-corrected chi connectivity index (χ3v) is 2.92. The molecule has 0 spiro atoms. The van der Waals surface area contributed by atoms with Crippen molar-refractivity contribution in [1.82, 2.24) is 9.97 Å². The number of aromatic nitrogens is 2. The lowest BCUT2D eigenvalue weighted by molar-refractivity contribution is 0.102. The van der Waals surface area contributed by atoms with Gasteiger partial charge in [0, 0.05) is 18.6 Å². The molecule has 2 heterocycles. The number of nitrogens with zero attached hydrogens (tertiary/aromatic N) is 2. The lowest BCUT2D eigenvalue weighted by atomic mass is 10.2. The van der Waals surface area contributed by atoms with Crippen molar-refractivity contribution in [2.24, 2.45) is 5.84 Å². The fraction of sp³-hybridized carbons (Fsp3) is 0. The first-order valence-electron chi connectivity index (χ1n) is 5.15. The van der Waals surface area contributed by atoms with Gasteiger partial charge in [0.05, 0.1) is 15.7 Å². The average Bonchev–Trinajstić information content (AvgIpc) is 2.41. The number of carbonyl (C=O) groups is 1. The Hall–Kier alpha value is -2.06. The molecule has 0 saturated heterocycles. The van der Waals surface area contributed by atoms with Crippen LogP contribution in [0.3, 0.4) is 0 Å². The normalized spacial score (nSPS) is 10.1. The van der Waals surface area contributed by atoms with Crippen molar-refractivity contribution in [1.29, 1.82) is 0 Å². The highest BCUT2D eigenvalue weighted by Gasteiger charge is 2.16. The van der Waals surface area contributed by atoms with Crippen molar-refractivity contribution in [2.75, 3.05) is 10.7 Å². The van der Waals surface area contributed by atoms with Crippen LogP contribution >= 0.6 is 15.9 Å². The summed E-state index contributed by atoms with van der Waals surface area (Å²) in [5.74, 6) is 3.48. The molecule has 8 heteroatoms. The number of pyridine rings is 2. The fourth-order valence-corrected chi connectivity index (χ4v) is 1.74. The van der Waals surface area contributed by atoms with E-state index in [-0.39, 0.29) is 11.4 Å². The maximum atomic E-state index is 13.8. The van der Waals surface area contributed by atoms with E-state index in [4.69, 9.17) is 5.84 Å². The maximum absolute atomic E-state index is 13.8. The summed E-state index contributed by atoms with van der Waals surface area (Å²) in [4.78, 5) is 19.5. The van der Waals surface area contributed by atoms with E-state index in [0.29, 0.717) is 10.2 Å². The monoisotopic (exact) mass is 325 g/mol. The number of hydrogen-bond acceptors (Lipinski definition) is 5. The highest BCUT2D eigenvalue weighted by atomic mass is 79.9. The van der Waals surface area contributed by atoms with Crippen molar-refractivity contribution in [2.45, 2.75) is 0 Å². The summed E-state index contributed by atoms with van der Waals surface area (Å²) >= 11 is 3.23. The molecule has 2 aromatic heterocycles. The van der Waals surface area contributed by atoms with Crippen LogP contribution in [0.15, 0.2) is 35.2 Å². The summed E-state index contributed by atoms with van der Waals surface area (Å²) < 4.78 is 14.4. The largest absolute Gasteiger partial charge is 0.321 e. The van der Waals surface area contributed by atoms with Crippen LogP contribution in [-0.2, 0) is 0 Å². The number of nitrogens with one attached hydrogen (secondary N) is 2. The lowest BCUT2D eigenvalue weighted by Crippen LogP contribution is -2.17. The van der Waals surface area contributed by atoms with E-state index < -0.39 is 11.7 Å². The molecule has 0 aliphatic rings. The molecule has 0 bridgehead atoms. The Labute approximate surface area is 116 Å². The average molecular weight is 326 g/mol. The second-order valence-electron chi connectivity index (χ2n) is 3.48. The number of nitrogens with two attached hydrogens (primary N) is 1. The van der Waals surface area contributed by atoms with Gasteiger partial charge in [0.15, 0.2) is 11.6 Å². The first-order valence-corrected chi connectivity index (χ1v) is 5.94. The minimum absolute atomic E-state index is 0.160. The molecule has 98 valence electrons. The number of nitrogen functional groups attached to an aromatic ring is 1. The Morgan fingerprint density at radius 3 is 2.84 bits per heavy atom. The zero-order chi connectivity index (χ0) is 13.8. The smallest absolute Gasteiger partial charge is 0.258 e. The predicted octanol–water partition coefficient (Wildman–Crippen LogP) is 1.92. The van der Waals surface area contributed by atoms with Crippen molar-refractivity contribution in [3.05, 3.63) is 46.6 Å². The van der Waals surface area contributed by atoms with Crippen molar-refractivity contribution in [3.63, 3.8) is 0 Å². The van der Waals surface area contributed by atoms with Gasteiger partial charge in [0.1, 0.15) is 0 Å². The van der Waals surface area contributed by atoms with Crippen LogP contribution in [0.1, 0.15) is 10.4 Å². The van der Waals surface area contributed by atoms with Gasteiger partial charge in [0.25, 0.3) is 5.91 Å². The molecule has 0 aliphatic carbocycles. The molecule has 0 saturated carbocycles. The van der Waals surface area contributed by atoms with Crippen LogP contribution in [0.25, 0.3) is 0 Å². The zero-order valence-electron chi connectivity index (χ0n) is 9.52. The summed E-state index contributed by atoms with van der Waals surface area (Å²) in [5.41, 5.74) is 2.40. The number of hydrazine groups is 1. The van der Waals surface area contributed by atoms with Crippen LogP contribution in [0, 0.1) is 5.82 Å². The van der Waals surface area contributed by atoms with Crippen molar-refractivity contribution < 1.29 is 9.18 Å². The molecule has 0 aromatic carbocycles. The van der Waals surface area contributed by atoms with E-state index in [9.17, 15) is 9.18 Å². The van der Waals surface area contributed by atoms with E-state index in [1.54, 1.807) is 6.07 Å². The molecule has 4 N–H and O–H groups in total. The van der Waals surface area contributed by atoms with E-state index in [1.165, 1.54) is 24.7 Å². The van der Waals surface area contributed by atoms with Gasteiger partial charge in [-0.3, -0.25) is 9.78 Å². The van der Waals surface area contributed by atoms with Gasteiger partial charge in [-0.1, -0.05) is 0 Å². The van der Waals surface area contributed by atoms with Gasteiger partial charge in [-0.25, -0.2) is 15.2 Å². The van der Waals surface area contributed by atoms with Crippen LogP contribution in [-0.4, -0.2) is 15.9 Å². The van der Waals surface area contributed by atoms with Crippen LogP contribution in [0.5, 0.6) is 0 Å². The second-order valence-corrected chi connectivity index (χ2v) is 4.33. The third kappa shape index (κ3) is 2.85. The Bertz CT molecular complexity index is 622. The van der Waals surface area contributed by atoms with Gasteiger partial charge in [-0.2, -0.15) is 0 Å². The molecular formula is C11H9BrFN5O. The van der Waals surface area contributed by atoms with Gasteiger partial charge in [-0.05, 0) is 28.1 Å². The molecule has 0 atom stereocenters. The standard InChI is InChI=1S/C11H9BrFN5O/c12-7-5-15-3-2-8(7)17-11(19)6-1-4-16-10(18-14)9(6)13/h1-5H,14H2,(H,16,18)(H,15,17,19). The third-order valence-electron chi connectivity index (χ3n) is 2.29. The Morgan fingerprint density at radius 2 is 2.16 bits per heavy atom. The first-order chi connectivity index (χ1) is 9.13. The molecule has 19 heavy (non-hydrogen) atoms. The summed E-state index contributed by atoms with van der Waals surface area (Å²) in [6, 6.07) is 2.85. The number of amides is 1.